The lowest BCUT2D eigenvalue weighted by Crippen LogP contribution is -2.05. The molecule has 2 heterocycles. The number of pyridine rings is 1. The van der Waals surface area contributed by atoms with Gasteiger partial charge in [-0.25, -0.2) is 4.98 Å². The summed E-state index contributed by atoms with van der Waals surface area (Å²) < 4.78 is 2.89. The molecule has 0 saturated heterocycles. The molecule has 96 valence electrons. The lowest BCUT2D eigenvalue weighted by molar-refractivity contribution is 0.730. The second kappa shape index (κ2) is 5.10. The SMILES string of the molecule is Cc1ccc(Br)c(NCc2c(C)nn(C)c2C)n1. The van der Waals surface area contributed by atoms with Crippen LogP contribution in [0.15, 0.2) is 16.6 Å². The van der Waals surface area contributed by atoms with Gasteiger partial charge in [0.1, 0.15) is 5.82 Å². The van der Waals surface area contributed by atoms with Crippen LogP contribution in [0, 0.1) is 20.8 Å². The van der Waals surface area contributed by atoms with Gasteiger partial charge in [0.15, 0.2) is 0 Å². The van der Waals surface area contributed by atoms with Crippen LogP contribution in [-0.4, -0.2) is 14.8 Å². The smallest absolute Gasteiger partial charge is 0.140 e. The Kier molecular flexibility index (Phi) is 3.71. The zero-order valence-corrected chi connectivity index (χ0v) is 12.7. The summed E-state index contributed by atoms with van der Waals surface area (Å²) in [5, 5.41) is 7.76. The fourth-order valence-corrected chi connectivity index (χ4v) is 2.27. The Morgan fingerprint density at radius 2 is 2.00 bits per heavy atom. The molecule has 0 atom stereocenters. The molecular weight excluding hydrogens is 292 g/mol. The van der Waals surface area contributed by atoms with Crippen molar-refractivity contribution in [3.63, 3.8) is 0 Å². The fourth-order valence-electron chi connectivity index (χ4n) is 1.91. The molecule has 1 N–H and O–H groups in total. The highest BCUT2D eigenvalue weighted by atomic mass is 79.9. The number of rotatable bonds is 3. The van der Waals surface area contributed by atoms with Crippen LogP contribution in [0.1, 0.15) is 22.6 Å². The molecule has 0 aliphatic heterocycles. The predicted octanol–water partition coefficient (Wildman–Crippen LogP) is 3.11. The molecule has 2 rings (SSSR count). The molecule has 18 heavy (non-hydrogen) atoms. The molecule has 0 fully saturated rings. The summed E-state index contributed by atoms with van der Waals surface area (Å²) in [6.07, 6.45) is 0. The van der Waals surface area contributed by atoms with Crippen molar-refractivity contribution in [2.45, 2.75) is 27.3 Å². The quantitative estimate of drug-likeness (QED) is 0.947. The molecule has 2 aromatic heterocycles. The van der Waals surface area contributed by atoms with Crippen molar-refractivity contribution >= 4 is 21.7 Å². The number of hydrogen-bond donors (Lipinski definition) is 1. The molecule has 0 radical (unpaired) electrons. The van der Waals surface area contributed by atoms with Crippen molar-refractivity contribution in [3.8, 4) is 0 Å². The van der Waals surface area contributed by atoms with Gasteiger partial charge in [0.05, 0.1) is 10.2 Å². The van der Waals surface area contributed by atoms with E-state index >= 15 is 0 Å². The van der Waals surface area contributed by atoms with Crippen molar-refractivity contribution in [1.82, 2.24) is 14.8 Å². The van der Waals surface area contributed by atoms with Gasteiger partial charge in [0.25, 0.3) is 0 Å². The summed E-state index contributed by atoms with van der Waals surface area (Å²) in [6.45, 7) is 6.83. The van der Waals surface area contributed by atoms with E-state index in [1.807, 2.05) is 37.7 Å². The Bertz CT molecular complexity index is 575. The number of halogens is 1. The van der Waals surface area contributed by atoms with Crippen LogP contribution < -0.4 is 5.32 Å². The third-order valence-corrected chi connectivity index (χ3v) is 3.72. The number of aromatic nitrogens is 3. The Morgan fingerprint density at radius 1 is 1.28 bits per heavy atom. The molecule has 0 aliphatic carbocycles. The van der Waals surface area contributed by atoms with Crippen LogP contribution >= 0.6 is 15.9 Å². The van der Waals surface area contributed by atoms with Crippen LogP contribution in [0.5, 0.6) is 0 Å². The maximum Gasteiger partial charge on any atom is 0.140 e. The van der Waals surface area contributed by atoms with E-state index in [9.17, 15) is 0 Å². The molecule has 0 spiro atoms. The summed E-state index contributed by atoms with van der Waals surface area (Å²) in [7, 11) is 1.96. The van der Waals surface area contributed by atoms with E-state index in [0.29, 0.717) is 0 Å². The lowest BCUT2D eigenvalue weighted by Gasteiger charge is -2.08. The zero-order chi connectivity index (χ0) is 13.3. The first-order chi connectivity index (χ1) is 8.49. The molecule has 0 aliphatic rings. The molecule has 0 amide bonds. The van der Waals surface area contributed by atoms with Crippen molar-refractivity contribution in [1.29, 1.82) is 0 Å². The average molecular weight is 309 g/mol. The zero-order valence-electron chi connectivity index (χ0n) is 11.1. The van der Waals surface area contributed by atoms with Crippen LogP contribution in [0.2, 0.25) is 0 Å². The van der Waals surface area contributed by atoms with E-state index in [4.69, 9.17) is 0 Å². The van der Waals surface area contributed by atoms with Crippen molar-refractivity contribution in [2.75, 3.05) is 5.32 Å². The van der Waals surface area contributed by atoms with Gasteiger partial charge in [0, 0.05) is 30.5 Å². The first-order valence-electron chi connectivity index (χ1n) is 5.85. The van der Waals surface area contributed by atoms with Crippen LogP contribution in [0.4, 0.5) is 5.82 Å². The first-order valence-corrected chi connectivity index (χ1v) is 6.64. The Morgan fingerprint density at radius 3 is 2.61 bits per heavy atom. The van der Waals surface area contributed by atoms with Gasteiger partial charge in [0.2, 0.25) is 0 Å². The molecule has 0 bridgehead atoms. The van der Waals surface area contributed by atoms with Crippen LogP contribution in [0.3, 0.4) is 0 Å². The molecule has 4 nitrogen and oxygen atoms in total. The molecule has 0 unspecified atom stereocenters. The highest BCUT2D eigenvalue weighted by Crippen LogP contribution is 2.21. The molecule has 0 saturated carbocycles. The largest absolute Gasteiger partial charge is 0.365 e. The Hall–Kier alpha value is -1.36. The number of nitrogens with zero attached hydrogens (tertiary/aromatic N) is 3. The topological polar surface area (TPSA) is 42.7 Å². The van der Waals surface area contributed by atoms with Gasteiger partial charge >= 0.3 is 0 Å². The fraction of sp³-hybridized carbons (Fsp3) is 0.385. The standard InChI is InChI=1S/C13H17BrN4/c1-8-5-6-12(14)13(16-8)15-7-11-9(2)17-18(4)10(11)3/h5-6H,7H2,1-4H3,(H,15,16). The highest BCUT2D eigenvalue weighted by molar-refractivity contribution is 9.10. The Labute approximate surface area is 116 Å². The number of aryl methyl sites for hydroxylation is 3. The highest BCUT2D eigenvalue weighted by Gasteiger charge is 2.10. The van der Waals surface area contributed by atoms with Crippen LogP contribution in [0.25, 0.3) is 0 Å². The molecule has 0 aromatic carbocycles. The second-order valence-electron chi connectivity index (χ2n) is 4.41. The number of nitrogens with one attached hydrogen (secondary N) is 1. The molecule has 2 aromatic rings. The van der Waals surface area contributed by atoms with E-state index < -0.39 is 0 Å². The van der Waals surface area contributed by atoms with Gasteiger partial charge in [-0.1, -0.05) is 0 Å². The summed E-state index contributed by atoms with van der Waals surface area (Å²) in [6, 6.07) is 3.99. The van der Waals surface area contributed by atoms with Crippen LogP contribution in [-0.2, 0) is 13.6 Å². The first kappa shape index (κ1) is 13.1. The van der Waals surface area contributed by atoms with E-state index in [-0.39, 0.29) is 0 Å². The third kappa shape index (κ3) is 2.56. The predicted molar refractivity (Wildman–Crippen MR) is 76.7 cm³/mol. The molecule has 5 heteroatoms. The Balaban J connectivity index is 2.19. The van der Waals surface area contributed by atoms with Gasteiger partial charge in [-0.2, -0.15) is 5.10 Å². The lowest BCUT2D eigenvalue weighted by atomic mass is 10.2. The minimum absolute atomic E-state index is 0.737. The molecular formula is C13H17BrN4. The average Bonchev–Trinajstić information content (AvgIpc) is 2.55. The van der Waals surface area contributed by atoms with E-state index in [0.717, 1.165) is 28.2 Å². The van der Waals surface area contributed by atoms with E-state index in [1.165, 1.54) is 11.3 Å². The monoisotopic (exact) mass is 308 g/mol. The number of hydrogen-bond acceptors (Lipinski definition) is 3. The van der Waals surface area contributed by atoms with Gasteiger partial charge in [-0.15, -0.1) is 0 Å². The summed E-state index contributed by atoms with van der Waals surface area (Å²) in [5.41, 5.74) is 4.48. The number of anilines is 1. The van der Waals surface area contributed by atoms with Gasteiger partial charge in [-0.05, 0) is 48.8 Å². The maximum absolute atomic E-state index is 4.47. The van der Waals surface area contributed by atoms with E-state index in [2.05, 4.69) is 38.3 Å². The normalized spacial score (nSPS) is 10.7. The van der Waals surface area contributed by atoms with Crippen molar-refractivity contribution in [3.05, 3.63) is 39.3 Å². The van der Waals surface area contributed by atoms with Gasteiger partial charge in [-0.3, -0.25) is 4.68 Å². The van der Waals surface area contributed by atoms with Crippen molar-refractivity contribution < 1.29 is 0 Å². The van der Waals surface area contributed by atoms with Gasteiger partial charge < -0.3 is 5.32 Å². The minimum atomic E-state index is 0.737. The summed E-state index contributed by atoms with van der Waals surface area (Å²) >= 11 is 3.50. The maximum atomic E-state index is 4.47. The van der Waals surface area contributed by atoms with E-state index in [1.54, 1.807) is 0 Å². The second-order valence-corrected chi connectivity index (χ2v) is 5.26. The summed E-state index contributed by atoms with van der Waals surface area (Å²) in [4.78, 5) is 4.47. The minimum Gasteiger partial charge on any atom is -0.365 e. The summed E-state index contributed by atoms with van der Waals surface area (Å²) in [5.74, 6) is 0.873. The third-order valence-electron chi connectivity index (χ3n) is 3.08. The van der Waals surface area contributed by atoms with Crippen molar-refractivity contribution in [2.24, 2.45) is 7.05 Å².